The van der Waals surface area contributed by atoms with Crippen LogP contribution in [0, 0.1) is 0 Å². The van der Waals surface area contributed by atoms with Gasteiger partial charge in [-0.1, -0.05) is 23.7 Å². The topological polar surface area (TPSA) is 92.0 Å². The van der Waals surface area contributed by atoms with E-state index in [9.17, 15) is 14.4 Å². The van der Waals surface area contributed by atoms with Crippen molar-refractivity contribution in [2.75, 3.05) is 21.3 Å². The van der Waals surface area contributed by atoms with Crippen LogP contribution in [0.5, 0.6) is 11.5 Å². The van der Waals surface area contributed by atoms with Crippen molar-refractivity contribution in [3.05, 3.63) is 69.0 Å². The van der Waals surface area contributed by atoms with Gasteiger partial charge in [0.25, 0.3) is 0 Å². The Labute approximate surface area is 177 Å². The highest BCUT2D eigenvalue weighted by molar-refractivity contribution is 6.32. The van der Waals surface area contributed by atoms with Gasteiger partial charge in [0.15, 0.2) is 5.78 Å². The van der Waals surface area contributed by atoms with Gasteiger partial charge in [-0.15, -0.1) is 0 Å². The maximum atomic E-state index is 12.9. The molecule has 1 heterocycles. The molecule has 3 rings (SSSR count). The Morgan fingerprint density at radius 3 is 2.50 bits per heavy atom. The van der Waals surface area contributed by atoms with Crippen molar-refractivity contribution in [1.82, 2.24) is 0 Å². The first kappa shape index (κ1) is 21.4. The molecule has 0 bridgehead atoms. The molecule has 8 heteroatoms. The van der Waals surface area contributed by atoms with Gasteiger partial charge in [0.1, 0.15) is 17.1 Å². The summed E-state index contributed by atoms with van der Waals surface area (Å²) in [5.74, 6) is -1.19. The Hall–Kier alpha value is -3.32. The number of benzene rings is 2. The Morgan fingerprint density at radius 2 is 1.83 bits per heavy atom. The standard InChI is InChI=1S/C22H19ClO7/c1-27-13-6-4-5-12(7-13)18(24)9-16(22(26)29-3)14-10-21(25)30-19-11-20(28-2)17(23)8-15(14)19/h4-8,10-11,16H,9H2,1-3H3/t16-/m1/s1. The molecule has 0 N–H and O–H groups in total. The van der Waals surface area contributed by atoms with Crippen molar-refractivity contribution < 1.29 is 28.2 Å². The Bertz CT molecular complexity index is 1170. The molecule has 0 aliphatic rings. The summed E-state index contributed by atoms with van der Waals surface area (Å²) in [5.41, 5.74) is 0.162. The summed E-state index contributed by atoms with van der Waals surface area (Å²) >= 11 is 6.23. The van der Waals surface area contributed by atoms with Gasteiger partial charge in [-0.25, -0.2) is 4.79 Å². The van der Waals surface area contributed by atoms with E-state index < -0.39 is 17.5 Å². The number of rotatable bonds is 7. The lowest BCUT2D eigenvalue weighted by atomic mass is 9.89. The Morgan fingerprint density at radius 1 is 1.07 bits per heavy atom. The Balaban J connectivity index is 2.11. The molecule has 0 amide bonds. The molecule has 1 aromatic heterocycles. The van der Waals surface area contributed by atoms with Crippen molar-refractivity contribution in [3.8, 4) is 11.5 Å². The third-order valence-electron chi connectivity index (χ3n) is 4.69. The molecule has 30 heavy (non-hydrogen) atoms. The van der Waals surface area contributed by atoms with Crippen LogP contribution >= 0.6 is 11.6 Å². The van der Waals surface area contributed by atoms with Crippen LogP contribution in [0.3, 0.4) is 0 Å². The number of esters is 1. The molecular weight excluding hydrogens is 412 g/mol. The molecular formula is C22H19ClO7. The van der Waals surface area contributed by atoms with Gasteiger partial charge in [-0.2, -0.15) is 0 Å². The monoisotopic (exact) mass is 430 g/mol. The third kappa shape index (κ3) is 4.31. The highest BCUT2D eigenvalue weighted by Gasteiger charge is 2.28. The molecule has 0 radical (unpaired) electrons. The minimum Gasteiger partial charge on any atom is -0.497 e. The number of ether oxygens (including phenoxy) is 3. The zero-order valence-corrected chi connectivity index (χ0v) is 17.3. The van der Waals surface area contributed by atoms with Crippen LogP contribution in [-0.2, 0) is 9.53 Å². The fourth-order valence-corrected chi connectivity index (χ4v) is 3.44. The Kier molecular flexibility index (Phi) is 6.42. The van der Waals surface area contributed by atoms with E-state index in [1.54, 1.807) is 24.3 Å². The molecule has 0 aliphatic heterocycles. The first-order valence-corrected chi connectivity index (χ1v) is 9.32. The molecule has 1 atom stereocenters. The maximum Gasteiger partial charge on any atom is 0.336 e. The number of halogens is 1. The number of carbonyl (C=O) groups excluding carboxylic acids is 2. The second kappa shape index (κ2) is 9.00. The highest BCUT2D eigenvalue weighted by atomic mass is 35.5. The second-order valence-corrected chi connectivity index (χ2v) is 6.85. The number of methoxy groups -OCH3 is 3. The van der Waals surface area contributed by atoms with Gasteiger partial charge in [0, 0.05) is 29.5 Å². The number of fused-ring (bicyclic) bond motifs is 1. The molecule has 2 aromatic carbocycles. The zero-order chi connectivity index (χ0) is 21.8. The second-order valence-electron chi connectivity index (χ2n) is 6.44. The first-order chi connectivity index (χ1) is 14.4. The predicted octanol–water partition coefficient (Wildman–Crippen LogP) is 3.99. The third-order valence-corrected chi connectivity index (χ3v) is 4.99. The lowest BCUT2D eigenvalue weighted by molar-refractivity contribution is -0.142. The van der Waals surface area contributed by atoms with Crippen LogP contribution in [-0.4, -0.2) is 33.1 Å². The minimum absolute atomic E-state index is 0.182. The summed E-state index contributed by atoms with van der Waals surface area (Å²) in [7, 11) is 4.14. The van der Waals surface area contributed by atoms with E-state index in [4.69, 9.17) is 30.2 Å². The predicted molar refractivity (Wildman–Crippen MR) is 111 cm³/mol. The molecule has 7 nitrogen and oxygen atoms in total. The molecule has 0 fully saturated rings. The van der Waals surface area contributed by atoms with Gasteiger partial charge in [0.2, 0.25) is 0 Å². The molecule has 0 saturated heterocycles. The molecule has 0 aliphatic carbocycles. The van der Waals surface area contributed by atoms with Gasteiger partial charge in [-0.05, 0) is 23.8 Å². The number of ketones is 1. The summed E-state index contributed by atoms with van der Waals surface area (Å²) < 4.78 is 20.4. The lowest BCUT2D eigenvalue weighted by Gasteiger charge is -2.17. The van der Waals surface area contributed by atoms with E-state index in [1.165, 1.54) is 39.5 Å². The minimum atomic E-state index is -1.04. The van der Waals surface area contributed by atoms with E-state index >= 15 is 0 Å². The summed E-state index contributed by atoms with van der Waals surface area (Å²) in [5, 5.41) is 0.678. The van der Waals surface area contributed by atoms with Crippen LogP contribution in [0.25, 0.3) is 11.0 Å². The van der Waals surface area contributed by atoms with E-state index in [2.05, 4.69) is 0 Å². The van der Waals surface area contributed by atoms with E-state index in [1.807, 2.05) is 0 Å². The number of hydrogen-bond acceptors (Lipinski definition) is 7. The van der Waals surface area contributed by atoms with Crippen LogP contribution in [0.15, 0.2) is 51.7 Å². The fraction of sp³-hybridized carbons (Fsp3) is 0.227. The number of carbonyl (C=O) groups is 2. The summed E-state index contributed by atoms with van der Waals surface area (Å²) in [6.45, 7) is 0. The van der Waals surface area contributed by atoms with Crippen LogP contribution < -0.4 is 15.1 Å². The fourth-order valence-electron chi connectivity index (χ4n) is 3.19. The van der Waals surface area contributed by atoms with Crippen molar-refractivity contribution in [2.45, 2.75) is 12.3 Å². The van der Waals surface area contributed by atoms with Crippen LogP contribution in [0.4, 0.5) is 0 Å². The van der Waals surface area contributed by atoms with Crippen molar-refractivity contribution >= 4 is 34.3 Å². The van der Waals surface area contributed by atoms with Gasteiger partial charge in [-0.3, -0.25) is 9.59 Å². The average Bonchev–Trinajstić information content (AvgIpc) is 2.76. The molecule has 3 aromatic rings. The van der Waals surface area contributed by atoms with Gasteiger partial charge < -0.3 is 18.6 Å². The molecule has 0 unspecified atom stereocenters. The van der Waals surface area contributed by atoms with E-state index in [-0.39, 0.29) is 28.4 Å². The van der Waals surface area contributed by atoms with Crippen LogP contribution in [0.1, 0.15) is 28.3 Å². The number of hydrogen-bond donors (Lipinski definition) is 0. The molecule has 0 saturated carbocycles. The van der Waals surface area contributed by atoms with Gasteiger partial charge >= 0.3 is 11.6 Å². The van der Waals surface area contributed by atoms with Crippen LogP contribution in [0.2, 0.25) is 5.02 Å². The van der Waals surface area contributed by atoms with E-state index in [0.717, 1.165) is 0 Å². The first-order valence-electron chi connectivity index (χ1n) is 8.94. The smallest absolute Gasteiger partial charge is 0.336 e. The zero-order valence-electron chi connectivity index (χ0n) is 16.6. The normalized spacial score (nSPS) is 11.7. The van der Waals surface area contributed by atoms with Crippen molar-refractivity contribution in [1.29, 1.82) is 0 Å². The highest BCUT2D eigenvalue weighted by Crippen LogP contribution is 2.35. The van der Waals surface area contributed by atoms with Gasteiger partial charge in [0.05, 0.1) is 32.3 Å². The number of Topliss-reactive ketones (excluding diaryl/α,β-unsaturated/α-hetero) is 1. The summed E-state index contributed by atoms with van der Waals surface area (Å²) in [6, 6.07) is 10.7. The largest absolute Gasteiger partial charge is 0.497 e. The maximum absolute atomic E-state index is 12.9. The molecule has 0 spiro atoms. The van der Waals surface area contributed by atoms with Crippen molar-refractivity contribution in [3.63, 3.8) is 0 Å². The quantitative estimate of drug-likeness (QED) is 0.318. The average molecular weight is 431 g/mol. The summed E-state index contributed by atoms with van der Waals surface area (Å²) in [6.07, 6.45) is -0.220. The molecule has 156 valence electrons. The van der Waals surface area contributed by atoms with E-state index in [0.29, 0.717) is 22.4 Å². The SMILES string of the molecule is COC(=O)[C@H](CC(=O)c1cccc(OC)c1)c1cc(=O)oc2cc(OC)c(Cl)cc12. The lowest BCUT2D eigenvalue weighted by Crippen LogP contribution is -2.20. The summed E-state index contributed by atoms with van der Waals surface area (Å²) in [4.78, 5) is 37.6. The van der Waals surface area contributed by atoms with Crippen molar-refractivity contribution in [2.24, 2.45) is 0 Å².